The molecule has 2 heterocycles. The number of nitrogens with two attached hydrogens (primary N) is 1. The summed E-state index contributed by atoms with van der Waals surface area (Å²) in [6, 6.07) is 0. The van der Waals surface area contributed by atoms with E-state index in [9.17, 15) is 0 Å². The highest BCUT2D eigenvalue weighted by molar-refractivity contribution is 7.11. The Labute approximate surface area is 86.4 Å². The van der Waals surface area contributed by atoms with Crippen molar-refractivity contribution in [3.8, 4) is 0 Å². The molecule has 0 saturated carbocycles. The van der Waals surface area contributed by atoms with Crippen molar-refractivity contribution in [2.24, 2.45) is 0 Å². The number of anilines is 1. The van der Waals surface area contributed by atoms with Gasteiger partial charge < -0.3 is 5.73 Å². The molecule has 74 valence electrons. The molecule has 0 aliphatic heterocycles. The second-order valence-electron chi connectivity index (χ2n) is 3.26. The molecule has 2 aromatic heterocycles. The number of hydrogen-bond donors (Lipinski definition) is 1. The van der Waals surface area contributed by atoms with Crippen LogP contribution in [0.15, 0.2) is 12.4 Å². The van der Waals surface area contributed by atoms with E-state index in [1.165, 1.54) is 4.88 Å². The van der Waals surface area contributed by atoms with E-state index >= 15 is 0 Å². The number of rotatable bonds is 2. The van der Waals surface area contributed by atoms with Crippen LogP contribution in [0.5, 0.6) is 0 Å². The molecule has 2 rings (SSSR count). The Hall–Kier alpha value is -1.36. The first-order valence-electron chi connectivity index (χ1n) is 4.36. The van der Waals surface area contributed by atoms with Crippen molar-refractivity contribution >= 4 is 17.2 Å². The molecule has 0 saturated heterocycles. The van der Waals surface area contributed by atoms with Crippen LogP contribution in [-0.2, 0) is 6.54 Å². The third kappa shape index (κ3) is 1.77. The van der Waals surface area contributed by atoms with Crippen LogP contribution in [0.3, 0.4) is 0 Å². The molecule has 0 amide bonds. The van der Waals surface area contributed by atoms with E-state index < -0.39 is 0 Å². The van der Waals surface area contributed by atoms with Gasteiger partial charge in [0.05, 0.1) is 6.54 Å². The second kappa shape index (κ2) is 3.42. The van der Waals surface area contributed by atoms with Crippen molar-refractivity contribution in [1.82, 2.24) is 14.8 Å². The van der Waals surface area contributed by atoms with Crippen LogP contribution in [0.25, 0.3) is 0 Å². The Kier molecular flexibility index (Phi) is 2.25. The predicted molar refractivity (Wildman–Crippen MR) is 57.3 cm³/mol. The second-order valence-corrected chi connectivity index (χ2v) is 4.58. The minimum Gasteiger partial charge on any atom is -0.382 e. The lowest BCUT2D eigenvalue weighted by atomic mass is 10.4. The normalized spacial score (nSPS) is 10.7. The summed E-state index contributed by atoms with van der Waals surface area (Å²) in [4.78, 5) is 5.49. The van der Waals surface area contributed by atoms with Crippen LogP contribution in [0, 0.1) is 13.8 Å². The van der Waals surface area contributed by atoms with Gasteiger partial charge in [-0.2, -0.15) is 5.10 Å². The van der Waals surface area contributed by atoms with Gasteiger partial charge in [-0.1, -0.05) is 0 Å². The van der Waals surface area contributed by atoms with Gasteiger partial charge in [-0.15, -0.1) is 11.3 Å². The first-order chi connectivity index (χ1) is 6.65. The Morgan fingerprint density at radius 3 is 2.79 bits per heavy atom. The highest BCUT2D eigenvalue weighted by Gasteiger charge is 2.03. The van der Waals surface area contributed by atoms with Gasteiger partial charge in [-0.05, 0) is 13.8 Å². The smallest absolute Gasteiger partial charge is 0.148 e. The molecule has 0 aliphatic carbocycles. The summed E-state index contributed by atoms with van der Waals surface area (Å²) < 4.78 is 1.82. The third-order valence-electron chi connectivity index (χ3n) is 1.95. The largest absolute Gasteiger partial charge is 0.382 e. The molecule has 0 radical (unpaired) electrons. The van der Waals surface area contributed by atoms with Gasteiger partial charge in [-0.3, -0.25) is 4.68 Å². The zero-order chi connectivity index (χ0) is 10.1. The highest BCUT2D eigenvalue weighted by atomic mass is 32.1. The quantitative estimate of drug-likeness (QED) is 0.815. The van der Waals surface area contributed by atoms with E-state index in [0.29, 0.717) is 12.4 Å². The Morgan fingerprint density at radius 2 is 2.29 bits per heavy atom. The van der Waals surface area contributed by atoms with Gasteiger partial charge in [0, 0.05) is 22.8 Å². The first kappa shape index (κ1) is 9.21. The molecule has 14 heavy (non-hydrogen) atoms. The van der Waals surface area contributed by atoms with Gasteiger partial charge in [0.15, 0.2) is 0 Å². The van der Waals surface area contributed by atoms with Crippen LogP contribution >= 0.6 is 11.3 Å². The van der Waals surface area contributed by atoms with E-state index in [2.05, 4.69) is 10.1 Å². The monoisotopic (exact) mass is 208 g/mol. The lowest BCUT2D eigenvalue weighted by molar-refractivity contribution is 0.686. The summed E-state index contributed by atoms with van der Waals surface area (Å²) in [5, 5.41) is 5.24. The van der Waals surface area contributed by atoms with Gasteiger partial charge >= 0.3 is 0 Å². The summed E-state index contributed by atoms with van der Waals surface area (Å²) in [6.45, 7) is 4.70. The Morgan fingerprint density at radius 1 is 1.50 bits per heavy atom. The topological polar surface area (TPSA) is 56.7 Å². The van der Waals surface area contributed by atoms with E-state index in [4.69, 9.17) is 5.73 Å². The number of aryl methyl sites for hydroxylation is 2. The summed E-state index contributed by atoms with van der Waals surface area (Å²) in [7, 11) is 0. The molecular weight excluding hydrogens is 196 g/mol. The fraction of sp³-hybridized carbons (Fsp3) is 0.333. The summed E-state index contributed by atoms with van der Waals surface area (Å²) in [5.74, 6) is 0.596. The van der Waals surface area contributed by atoms with Gasteiger partial charge in [0.1, 0.15) is 10.8 Å². The van der Waals surface area contributed by atoms with Crippen molar-refractivity contribution in [2.45, 2.75) is 20.4 Å². The van der Waals surface area contributed by atoms with Crippen molar-refractivity contribution in [1.29, 1.82) is 0 Å². The molecular formula is C9H12N4S. The fourth-order valence-corrected chi connectivity index (χ4v) is 2.01. The van der Waals surface area contributed by atoms with Crippen molar-refractivity contribution in [3.63, 3.8) is 0 Å². The highest BCUT2D eigenvalue weighted by Crippen LogP contribution is 2.14. The van der Waals surface area contributed by atoms with Gasteiger partial charge in [0.25, 0.3) is 0 Å². The Balaban J connectivity index is 2.18. The predicted octanol–water partition coefficient (Wildman–Crippen LogP) is 1.59. The molecule has 0 fully saturated rings. The SMILES string of the molecule is Cc1cnc(Cn2cc(C)c(N)n2)s1. The summed E-state index contributed by atoms with van der Waals surface area (Å²) >= 11 is 1.68. The van der Waals surface area contributed by atoms with E-state index in [1.807, 2.05) is 30.9 Å². The number of nitrogen functional groups attached to an aromatic ring is 1. The molecule has 0 bridgehead atoms. The third-order valence-corrected chi connectivity index (χ3v) is 2.85. The minimum absolute atomic E-state index is 0.596. The molecule has 4 nitrogen and oxygen atoms in total. The standard InChI is InChI=1S/C9H12N4S/c1-6-4-13(12-9(6)10)5-8-11-3-7(2)14-8/h3-4H,5H2,1-2H3,(H2,10,12). The molecule has 0 unspecified atom stereocenters. The van der Waals surface area contributed by atoms with E-state index in [0.717, 1.165) is 10.6 Å². The van der Waals surface area contributed by atoms with Crippen molar-refractivity contribution in [2.75, 3.05) is 5.73 Å². The molecule has 0 aromatic carbocycles. The minimum atomic E-state index is 0.596. The van der Waals surface area contributed by atoms with Gasteiger partial charge in [0.2, 0.25) is 0 Å². The molecule has 0 atom stereocenters. The van der Waals surface area contributed by atoms with Crippen LogP contribution in [-0.4, -0.2) is 14.8 Å². The van der Waals surface area contributed by atoms with Crippen molar-refractivity contribution in [3.05, 3.63) is 27.8 Å². The molecule has 2 N–H and O–H groups in total. The molecule has 0 aliphatic rings. The number of thiazole rings is 1. The maximum atomic E-state index is 5.65. The van der Waals surface area contributed by atoms with E-state index in [-0.39, 0.29) is 0 Å². The summed E-state index contributed by atoms with van der Waals surface area (Å²) in [6.07, 6.45) is 3.81. The summed E-state index contributed by atoms with van der Waals surface area (Å²) in [5.41, 5.74) is 6.66. The number of nitrogens with zero attached hydrogens (tertiary/aromatic N) is 3. The lowest BCUT2D eigenvalue weighted by Gasteiger charge is -1.95. The first-order valence-corrected chi connectivity index (χ1v) is 5.17. The van der Waals surface area contributed by atoms with Crippen LogP contribution in [0.2, 0.25) is 0 Å². The average Bonchev–Trinajstić information content (AvgIpc) is 2.62. The zero-order valence-corrected chi connectivity index (χ0v) is 9.01. The maximum Gasteiger partial charge on any atom is 0.148 e. The number of aromatic nitrogens is 3. The molecule has 5 heteroatoms. The van der Waals surface area contributed by atoms with Crippen LogP contribution in [0.4, 0.5) is 5.82 Å². The van der Waals surface area contributed by atoms with Crippen LogP contribution < -0.4 is 5.73 Å². The van der Waals surface area contributed by atoms with Crippen LogP contribution in [0.1, 0.15) is 15.4 Å². The average molecular weight is 208 g/mol. The van der Waals surface area contributed by atoms with Crippen molar-refractivity contribution < 1.29 is 0 Å². The lowest BCUT2D eigenvalue weighted by Crippen LogP contribution is -2.00. The maximum absolute atomic E-state index is 5.65. The Bertz CT molecular complexity index is 424. The fourth-order valence-electron chi connectivity index (χ4n) is 1.23. The van der Waals surface area contributed by atoms with Gasteiger partial charge in [-0.25, -0.2) is 4.98 Å². The molecule has 0 spiro atoms. The zero-order valence-electron chi connectivity index (χ0n) is 8.19. The van der Waals surface area contributed by atoms with E-state index in [1.54, 1.807) is 11.3 Å². The molecule has 2 aromatic rings. The number of hydrogen-bond acceptors (Lipinski definition) is 4.